The molecule has 2 amide bonds. The third-order valence-electron chi connectivity index (χ3n) is 4.20. The van der Waals surface area contributed by atoms with Gasteiger partial charge in [-0.2, -0.15) is 5.10 Å². The van der Waals surface area contributed by atoms with E-state index in [9.17, 15) is 9.59 Å². The minimum absolute atomic E-state index is 0.145. The number of nitrogens with one attached hydrogen (secondary N) is 2. The van der Waals surface area contributed by atoms with Crippen LogP contribution in [0, 0.1) is 0 Å². The molecule has 2 N–H and O–H groups in total. The molecule has 0 aliphatic rings. The average Bonchev–Trinajstić information content (AvgIpc) is 3.25. The van der Waals surface area contributed by atoms with Gasteiger partial charge in [-0.3, -0.25) is 9.59 Å². The molecule has 0 bridgehead atoms. The number of nitrogens with zero attached hydrogens (tertiary/aromatic N) is 2. The lowest BCUT2D eigenvalue weighted by atomic mass is 10.2. The first-order chi connectivity index (χ1) is 14.0. The molecule has 29 heavy (non-hydrogen) atoms. The third kappa shape index (κ3) is 6.05. The predicted octanol–water partition coefficient (Wildman–Crippen LogP) is 4.66. The van der Waals surface area contributed by atoms with Gasteiger partial charge in [0.25, 0.3) is 5.91 Å². The number of halogens is 1. The standard InChI is InChI=1S/C22H21ClN4O2/c1-16(7-12-21(28)24-19-6-4-5-18(23)15-19)25-26-22(29)17-8-10-20(11-9-17)27-13-2-3-14-27/h2-6,8-11,13-15H,7,12H2,1H3,(H,24,28)(H,26,29)/b25-16+. The first-order valence-corrected chi connectivity index (χ1v) is 9.51. The van der Waals surface area contributed by atoms with E-state index < -0.39 is 0 Å². The van der Waals surface area contributed by atoms with Gasteiger partial charge in [0.2, 0.25) is 5.91 Å². The van der Waals surface area contributed by atoms with Crippen LogP contribution in [0.3, 0.4) is 0 Å². The lowest BCUT2D eigenvalue weighted by molar-refractivity contribution is -0.116. The Morgan fingerprint density at radius 1 is 1.00 bits per heavy atom. The van der Waals surface area contributed by atoms with Gasteiger partial charge >= 0.3 is 0 Å². The van der Waals surface area contributed by atoms with Crippen molar-refractivity contribution in [2.75, 3.05) is 5.32 Å². The first-order valence-electron chi connectivity index (χ1n) is 9.13. The molecular formula is C22H21ClN4O2. The van der Waals surface area contributed by atoms with Gasteiger partial charge in [-0.25, -0.2) is 5.43 Å². The zero-order valence-electron chi connectivity index (χ0n) is 15.9. The number of carbonyl (C=O) groups excluding carboxylic acids is 2. The van der Waals surface area contributed by atoms with Gasteiger partial charge < -0.3 is 9.88 Å². The van der Waals surface area contributed by atoms with Crippen molar-refractivity contribution in [2.45, 2.75) is 19.8 Å². The molecule has 2 aromatic carbocycles. The van der Waals surface area contributed by atoms with Crippen LogP contribution in [-0.4, -0.2) is 22.1 Å². The maximum atomic E-state index is 12.2. The molecule has 3 rings (SSSR count). The summed E-state index contributed by atoms with van der Waals surface area (Å²) in [6.45, 7) is 1.77. The summed E-state index contributed by atoms with van der Waals surface area (Å²) in [7, 11) is 0. The SMILES string of the molecule is C/C(CCC(=O)Nc1cccc(Cl)c1)=N\NC(=O)c1ccc(-n2cccc2)cc1. The number of hydrogen-bond acceptors (Lipinski definition) is 3. The Balaban J connectivity index is 1.47. The molecule has 0 spiro atoms. The molecule has 0 fully saturated rings. The molecule has 0 unspecified atom stereocenters. The lowest BCUT2D eigenvalue weighted by Gasteiger charge is -2.06. The molecule has 0 radical (unpaired) electrons. The van der Waals surface area contributed by atoms with E-state index in [0.29, 0.717) is 28.4 Å². The molecule has 1 aromatic heterocycles. The molecule has 0 atom stereocenters. The Hall–Kier alpha value is -3.38. The quantitative estimate of drug-likeness (QED) is 0.441. The fourth-order valence-corrected chi connectivity index (χ4v) is 2.83. The second kappa shape index (κ2) is 9.71. The Labute approximate surface area is 174 Å². The number of hydrazone groups is 1. The van der Waals surface area contributed by atoms with Crippen LogP contribution >= 0.6 is 11.6 Å². The summed E-state index contributed by atoms with van der Waals surface area (Å²) in [5, 5.41) is 7.41. The van der Waals surface area contributed by atoms with Gasteiger partial charge in [-0.1, -0.05) is 17.7 Å². The topological polar surface area (TPSA) is 75.5 Å². The molecule has 0 saturated heterocycles. The number of amides is 2. The van der Waals surface area contributed by atoms with Crippen molar-refractivity contribution >= 4 is 34.8 Å². The zero-order valence-corrected chi connectivity index (χ0v) is 16.7. The summed E-state index contributed by atoms with van der Waals surface area (Å²) in [5.41, 5.74) is 5.31. The van der Waals surface area contributed by atoms with Crippen LogP contribution in [0.25, 0.3) is 5.69 Å². The molecule has 6 nitrogen and oxygen atoms in total. The van der Waals surface area contributed by atoms with Crippen LogP contribution in [-0.2, 0) is 4.79 Å². The van der Waals surface area contributed by atoms with E-state index in [4.69, 9.17) is 11.6 Å². The van der Waals surface area contributed by atoms with Crippen LogP contribution in [0.2, 0.25) is 5.02 Å². The van der Waals surface area contributed by atoms with Crippen LogP contribution in [0.1, 0.15) is 30.1 Å². The second-order valence-electron chi connectivity index (χ2n) is 6.48. The molecular weight excluding hydrogens is 388 g/mol. The summed E-state index contributed by atoms with van der Waals surface area (Å²) < 4.78 is 1.96. The largest absolute Gasteiger partial charge is 0.326 e. The third-order valence-corrected chi connectivity index (χ3v) is 4.44. The van der Waals surface area contributed by atoms with Crippen LogP contribution in [0.15, 0.2) is 78.2 Å². The summed E-state index contributed by atoms with van der Waals surface area (Å²) in [6, 6.07) is 18.1. The van der Waals surface area contributed by atoms with Gasteiger partial charge in [-0.15, -0.1) is 0 Å². The monoisotopic (exact) mass is 408 g/mol. The van der Waals surface area contributed by atoms with Crippen molar-refractivity contribution < 1.29 is 9.59 Å². The minimum atomic E-state index is -0.299. The van der Waals surface area contributed by atoms with Crippen LogP contribution < -0.4 is 10.7 Å². The maximum absolute atomic E-state index is 12.2. The number of anilines is 1. The van der Waals surface area contributed by atoms with Crippen molar-refractivity contribution in [3.63, 3.8) is 0 Å². The van der Waals surface area contributed by atoms with Gasteiger partial charge in [0.05, 0.1) is 0 Å². The van der Waals surface area contributed by atoms with E-state index in [1.807, 2.05) is 41.2 Å². The van der Waals surface area contributed by atoms with E-state index in [2.05, 4.69) is 15.8 Å². The summed E-state index contributed by atoms with van der Waals surface area (Å²) >= 11 is 5.90. The summed E-state index contributed by atoms with van der Waals surface area (Å²) in [6.07, 6.45) is 4.55. The Morgan fingerprint density at radius 2 is 1.72 bits per heavy atom. The van der Waals surface area contributed by atoms with Crippen molar-refractivity contribution in [1.29, 1.82) is 0 Å². The van der Waals surface area contributed by atoms with E-state index in [1.165, 1.54) is 0 Å². The highest BCUT2D eigenvalue weighted by Crippen LogP contribution is 2.15. The molecule has 0 aliphatic carbocycles. The van der Waals surface area contributed by atoms with Crippen molar-refractivity contribution in [2.24, 2.45) is 5.10 Å². The zero-order chi connectivity index (χ0) is 20.6. The lowest BCUT2D eigenvalue weighted by Crippen LogP contribution is -2.19. The smallest absolute Gasteiger partial charge is 0.271 e. The molecule has 148 valence electrons. The second-order valence-corrected chi connectivity index (χ2v) is 6.92. The fourth-order valence-electron chi connectivity index (χ4n) is 2.64. The van der Waals surface area contributed by atoms with Crippen molar-refractivity contribution in [3.8, 4) is 5.69 Å². The van der Waals surface area contributed by atoms with Crippen molar-refractivity contribution in [1.82, 2.24) is 9.99 Å². The van der Waals surface area contributed by atoms with Gasteiger partial charge in [0, 0.05) is 46.5 Å². The van der Waals surface area contributed by atoms with E-state index in [1.54, 1.807) is 43.3 Å². The molecule has 3 aromatic rings. The Morgan fingerprint density at radius 3 is 2.41 bits per heavy atom. The summed E-state index contributed by atoms with van der Waals surface area (Å²) in [4.78, 5) is 24.3. The van der Waals surface area contributed by atoms with Crippen LogP contribution in [0.4, 0.5) is 5.69 Å². The first kappa shape index (κ1) is 20.4. The minimum Gasteiger partial charge on any atom is -0.326 e. The average molecular weight is 409 g/mol. The van der Waals surface area contributed by atoms with Crippen molar-refractivity contribution in [3.05, 3.63) is 83.6 Å². The molecule has 7 heteroatoms. The fraction of sp³-hybridized carbons (Fsp3) is 0.136. The maximum Gasteiger partial charge on any atom is 0.271 e. The van der Waals surface area contributed by atoms with Gasteiger partial charge in [0.15, 0.2) is 0 Å². The van der Waals surface area contributed by atoms with E-state index >= 15 is 0 Å². The summed E-state index contributed by atoms with van der Waals surface area (Å²) in [5.74, 6) is -0.444. The number of rotatable bonds is 7. The Kier molecular flexibility index (Phi) is 6.81. The van der Waals surface area contributed by atoms with Gasteiger partial charge in [-0.05, 0) is 67.9 Å². The predicted molar refractivity (Wildman–Crippen MR) is 116 cm³/mol. The molecule has 0 saturated carbocycles. The van der Waals surface area contributed by atoms with E-state index in [0.717, 1.165) is 5.69 Å². The Bertz CT molecular complexity index is 1010. The highest BCUT2D eigenvalue weighted by atomic mass is 35.5. The van der Waals surface area contributed by atoms with Gasteiger partial charge in [0.1, 0.15) is 0 Å². The highest BCUT2D eigenvalue weighted by Gasteiger charge is 2.07. The molecule has 0 aliphatic heterocycles. The number of carbonyl (C=O) groups is 2. The van der Waals surface area contributed by atoms with E-state index in [-0.39, 0.29) is 18.2 Å². The number of aromatic nitrogens is 1. The number of benzene rings is 2. The highest BCUT2D eigenvalue weighted by molar-refractivity contribution is 6.30. The normalized spacial score (nSPS) is 11.2. The van der Waals surface area contributed by atoms with Crippen LogP contribution in [0.5, 0.6) is 0 Å². The molecule has 1 heterocycles. The number of hydrogen-bond donors (Lipinski definition) is 2.